The Morgan fingerprint density at radius 2 is 1.84 bits per heavy atom. The molecule has 1 aromatic carbocycles. The van der Waals surface area contributed by atoms with Crippen LogP contribution in [0.3, 0.4) is 0 Å². The van der Waals surface area contributed by atoms with Crippen molar-refractivity contribution in [2.75, 3.05) is 39.3 Å². The van der Waals surface area contributed by atoms with Crippen molar-refractivity contribution >= 4 is 5.69 Å². The molecule has 0 spiro atoms. The fourth-order valence-electron chi connectivity index (χ4n) is 2.23. The van der Waals surface area contributed by atoms with Crippen LogP contribution in [-0.4, -0.2) is 34.4 Å². The first-order valence-electron chi connectivity index (χ1n) is 6.49. The zero-order valence-corrected chi connectivity index (χ0v) is 12.9. The van der Waals surface area contributed by atoms with E-state index in [0.29, 0.717) is 6.54 Å². The van der Waals surface area contributed by atoms with Crippen LogP contribution in [0.5, 0.6) is 11.5 Å². The quantitative estimate of drug-likeness (QED) is 0.859. The van der Waals surface area contributed by atoms with Crippen LogP contribution in [-0.2, 0) is 0 Å². The molecule has 1 rings (SSSR count). The fraction of sp³-hybridized carbons (Fsp3) is 0.600. The van der Waals surface area contributed by atoms with E-state index in [4.69, 9.17) is 15.2 Å². The summed E-state index contributed by atoms with van der Waals surface area (Å²) in [7, 11) is 5.41. The standard InChI is InChI=1S/C15H26N2O2/c1-11-13(18-5)8-7-12(14(11)19-6)17(4)10-15(2,3)9-16/h7-8H,9-10,16H2,1-6H3. The lowest BCUT2D eigenvalue weighted by molar-refractivity contribution is 0.374. The van der Waals surface area contributed by atoms with Crippen molar-refractivity contribution in [3.63, 3.8) is 0 Å². The summed E-state index contributed by atoms with van der Waals surface area (Å²) >= 11 is 0. The molecular weight excluding hydrogens is 240 g/mol. The molecule has 2 N–H and O–H groups in total. The van der Waals surface area contributed by atoms with E-state index in [1.807, 2.05) is 19.1 Å². The zero-order valence-electron chi connectivity index (χ0n) is 12.9. The van der Waals surface area contributed by atoms with E-state index < -0.39 is 0 Å². The fourth-order valence-corrected chi connectivity index (χ4v) is 2.23. The molecule has 19 heavy (non-hydrogen) atoms. The van der Waals surface area contributed by atoms with E-state index in [-0.39, 0.29) is 5.41 Å². The molecule has 0 radical (unpaired) electrons. The van der Waals surface area contributed by atoms with Crippen LogP contribution in [0.25, 0.3) is 0 Å². The Bertz CT molecular complexity index is 430. The van der Waals surface area contributed by atoms with Crippen molar-refractivity contribution in [3.05, 3.63) is 17.7 Å². The first-order chi connectivity index (χ1) is 8.86. The topological polar surface area (TPSA) is 47.7 Å². The molecule has 0 heterocycles. The Labute approximate surface area is 116 Å². The van der Waals surface area contributed by atoms with Gasteiger partial charge in [-0.2, -0.15) is 0 Å². The maximum atomic E-state index is 5.80. The number of anilines is 1. The molecule has 108 valence electrons. The van der Waals surface area contributed by atoms with E-state index >= 15 is 0 Å². The molecule has 0 unspecified atom stereocenters. The average molecular weight is 266 g/mol. The molecule has 0 amide bonds. The van der Waals surface area contributed by atoms with Crippen molar-refractivity contribution in [1.29, 1.82) is 0 Å². The van der Waals surface area contributed by atoms with Gasteiger partial charge in [0, 0.05) is 19.2 Å². The number of benzene rings is 1. The van der Waals surface area contributed by atoms with Gasteiger partial charge in [-0.05, 0) is 31.0 Å². The Morgan fingerprint density at radius 3 is 2.32 bits per heavy atom. The third-order valence-corrected chi connectivity index (χ3v) is 3.39. The molecule has 0 atom stereocenters. The summed E-state index contributed by atoms with van der Waals surface area (Å²) in [6.07, 6.45) is 0. The second-order valence-corrected chi connectivity index (χ2v) is 5.67. The second kappa shape index (κ2) is 6.15. The summed E-state index contributed by atoms with van der Waals surface area (Å²) in [4.78, 5) is 2.18. The first-order valence-corrected chi connectivity index (χ1v) is 6.49. The summed E-state index contributed by atoms with van der Waals surface area (Å²) in [5.41, 5.74) is 7.94. The van der Waals surface area contributed by atoms with E-state index in [9.17, 15) is 0 Å². The highest BCUT2D eigenvalue weighted by Gasteiger charge is 2.21. The summed E-state index contributed by atoms with van der Waals surface area (Å²) in [5, 5.41) is 0. The predicted molar refractivity (Wildman–Crippen MR) is 80.4 cm³/mol. The van der Waals surface area contributed by atoms with Gasteiger partial charge in [0.1, 0.15) is 11.5 Å². The molecule has 0 aliphatic heterocycles. The molecule has 0 saturated heterocycles. The van der Waals surface area contributed by atoms with Gasteiger partial charge in [-0.1, -0.05) is 13.8 Å². The number of methoxy groups -OCH3 is 2. The molecule has 4 nitrogen and oxygen atoms in total. The van der Waals surface area contributed by atoms with Crippen LogP contribution in [0, 0.1) is 12.3 Å². The summed E-state index contributed by atoms with van der Waals surface area (Å²) in [5.74, 6) is 1.70. The van der Waals surface area contributed by atoms with Gasteiger partial charge in [-0.25, -0.2) is 0 Å². The second-order valence-electron chi connectivity index (χ2n) is 5.67. The highest BCUT2D eigenvalue weighted by molar-refractivity contribution is 5.65. The lowest BCUT2D eigenvalue weighted by atomic mass is 9.93. The summed E-state index contributed by atoms with van der Waals surface area (Å²) in [6, 6.07) is 4.00. The van der Waals surface area contributed by atoms with Gasteiger partial charge in [0.25, 0.3) is 0 Å². The number of hydrogen-bond acceptors (Lipinski definition) is 4. The number of nitrogens with two attached hydrogens (primary N) is 1. The first kappa shape index (κ1) is 15.6. The van der Waals surface area contributed by atoms with Gasteiger partial charge in [0.05, 0.1) is 19.9 Å². The minimum atomic E-state index is 0.0631. The van der Waals surface area contributed by atoms with Gasteiger partial charge >= 0.3 is 0 Å². The van der Waals surface area contributed by atoms with E-state index in [1.165, 1.54) is 0 Å². The number of ether oxygens (including phenoxy) is 2. The van der Waals surface area contributed by atoms with Crippen molar-refractivity contribution in [1.82, 2.24) is 0 Å². The largest absolute Gasteiger partial charge is 0.496 e. The zero-order chi connectivity index (χ0) is 14.6. The summed E-state index contributed by atoms with van der Waals surface area (Å²) in [6.45, 7) is 7.84. The normalized spacial score (nSPS) is 11.3. The molecule has 0 saturated carbocycles. The molecule has 0 aliphatic carbocycles. The Morgan fingerprint density at radius 1 is 1.21 bits per heavy atom. The maximum Gasteiger partial charge on any atom is 0.148 e. The maximum absolute atomic E-state index is 5.80. The lowest BCUT2D eigenvalue weighted by Crippen LogP contribution is -2.36. The minimum absolute atomic E-state index is 0.0631. The van der Waals surface area contributed by atoms with Crippen molar-refractivity contribution in [2.24, 2.45) is 11.1 Å². The van der Waals surface area contributed by atoms with E-state index in [1.54, 1.807) is 14.2 Å². The Kier molecular flexibility index (Phi) is 5.06. The number of nitrogens with zero attached hydrogens (tertiary/aromatic N) is 1. The van der Waals surface area contributed by atoms with E-state index in [2.05, 4.69) is 25.8 Å². The van der Waals surface area contributed by atoms with E-state index in [0.717, 1.165) is 29.3 Å². The van der Waals surface area contributed by atoms with Crippen LogP contribution in [0.4, 0.5) is 5.69 Å². The number of hydrogen-bond donors (Lipinski definition) is 1. The minimum Gasteiger partial charge on any atom is -0.496 e. The Hall–Kier alpha value is -1.42. The molecule has 4 heteroatoms. The summed E-state index contributed by atoms with van der Waals surface area (Å²) < 4.78 is 10.9. The average Bonchev–Trinajstić information content (AvgIpc) is 2.37. The molecule has 0 bridgehead atoms. The molecular formula is C15H26N2O2. The van der Waals surface area contributed by atoms with Crippen LogP contribution in [0.15, 0.2) is 12.1 Å². The van der Waals surface area contributed by atoms with Crippen LogP contribution < -0.4 is 20.1 Å². The predicted octanol–water partition coefficient (Wildman–Crippen LogP) is 2.43. The van der Waals surface area contributed by atoms with Crippen LogP contribution in [0.2, 0.25) is 0 Å². The molecule has 1 aromatic rings. The molecule has 0 fully saturated rings. The SMILES string of the molecule is COc1ccc(N(C)CC(C)(C)CN)c(OC)c1C. The van der Waals surface area contributed by atoms with Gasteiger partial charge in [0.15, 0.2) is 0 Å². The van der Waals surface area contributed by atoms with Crippen LogP contribution in [0.1, 0.15) is 19.4 Å². The highest BCUT2D eigenvalue weighted by Crippen LogP contribution is 2.37. The number of rotatable bonds is 6. The molecule has 0 aliphatic rings. The van der Waals surface area contributed by atoms with Gasteiger partial charge in [-0.3, -0.25) is 0 Å². The smallest absolute Gasteiger partial charge is 0.148 e. The Balaban J connectivity index is 3.10. The third-order valence-electron chi connectivity index (χ3n) is 3.39. The van der Waals surface area contributed by atoms with Crippen molar-refractivity contribution in [3.8, 4) is 11.5 Å². The van der Waals surface area contributed by atoms with Crippen molar-refractivity contribution in [2.45, 2.75) is 20.8 Å². The lowest BCUT2D eigenvalue weighted by Gasteiger charge is -2.31. The monoisotopic (exact) mass is 266 g/mol. The van der Waals surface area contributed by atoms with Crippen molar-refractivity contribution < 1.29 is 9.47 Å². The highest BCUT2D eigenvalue weighted by atomic mass is 16.5. The van der Waals surface area contributed by atoms with Crippen LogP contribution >= 0.6 is 0 Å². The third kappa shape index (κ3) is 3.53. The van der Waals surface area contributed by atoms with Gasteiger partial charge in [-0.15, -0.1) is 0 Å². The molecule has 0 aromatic heterocycles. The van der Waals surface area contributed by atoms with Gasteiger partial charge < -0.3 is 20.1 Å². The van der Waals surface area contributed by atoms with Gasteiger partial charge in [0.2, 0.25) is 0 Å².